The van der Waals surface area contributed by atoms with Crippen molar-refractivity contribution in [2.24, 2.45) is 0 Å². The molecule has 2 heterocycles. The molecule has 0 spiro atoms. The normalized spacial score (nSPS) is 17.1. The summed E-state index contributed by atoms with van der Waals surface area (Å²) < 4.78 is 16.4. The van der Waals surface area contributed by atoms with E-state index in [1.165, 1.54) is 0 Å². The Morgan fingerprint density at radius 1 is 1.17 bits per heavy atom. The summed E-state index contributed by atoms with van der Waals surface area (Å²) in [6.45, 7) is 4.41. The molecule has 1 aliphatic heterocycles. The van der Waals surface area contributed by atoms with Gasteiger partial charge in [0.05, 0.1) is 18.2 Å². The average molecular weight is 421 g/mol. The highest BCUT2D eigenvalue weighted by Gasteiger charge is 2.20. The Kier molecular flexibility index (Phi) is 6.37. The highest BCUT2D eigenvalue weighted by atomic mass is 35.5. The second kappa shape index (κ2) is 9.15. The number of rotatable bonds is 6. The molecule has 4 rings (SSSR count). The molecule has 1 N–H and O–H groups in total. The SMILES string of the molecule is O=C(COc1cc2oc(=O)c3c(c2cc1Cl)CCCC3)NCCN1CCOCC1. The largest absolute Gasteiger partial charge is 0.482 e. The van der Waals surface area contributed by atoms with Crippen molar-refractivity contribution in [2.45, 2.75) is 25.7 Å². The fourth-order valence-corrected chi connectivity index (χ4v) is 4.15. The van der Waals surface area contributed by atoms with E-state index in [1.54, 1.807) is 12.1 Å². The number of nitrogens with one attached hydrogen (secondary N) is 1. The molecule has 1 aliphatic carbocycles. The predicted molar refractivity (Wildman–Crippen MR) is 110 cm³/mol. The van der Waals surface area contributed by atoms with Crippen LogP contribution in [0.2, 0.25) is 5.02 Å². The average Bonchev–Trinajstić information content (AvgIpc) is 2.74. The zero-order chi connectivity index (χ0) is 20.2. The van der Waals surface area contributed by atoms with Crippen molar-refractivity contribution in [1.82, 2.24) is 10.2 Å². The van der Waals surface area contributed by atoms with Gasteiger partial charge in [0.1, 0.15) is 11.3 Å². The molecular weight excluding hydrogens is 396 g/mol. The molecule has 1 aromatic carbocycles. The molecule has 156 valence electrons. The van der Waals surface area contributed by atoms with Gasteiger partial charge in [-0.3, -0.25) is 9.69 Å². The monoisotopic (exact) mass is 420 g/mol. The zero-order valence-corrected chi connectivity index (χ0v) is 17.1. The summed E-state index contributed by atoms with van der Waals surface area (Å²) in [5.74, 6) is 0.114. The molecular formula is C21H25ClN2O5. The van der Waals surface area contributed by atoms with E-state index in [0.717, 1.165) is 75.0 Å². The van der Waals surface area contributed by atoms with Gasteiger partial charge in [-0.15, -0.1) is 0 Å². The summed E-state index contributed by atoms with van der Waals surface area (Å²) in [7, 11) is 0. The number of amides is 1. The second-order valence-electron chi connectivity index (χ2n) is 7.43. The highest BCUT2D eigenvalue weighted by molar-refractivity contribution is 6.32. The van der Waals surface area contributed by atoms with Gasteiger partial charge in [0.25, 0.3) is 5.91 Å². The summed E-state index contributed by atoms with van der Waals surface area (Å²) in [5, 5.41) is 4.10. The van der Waals surface area contributed by atoms with Crippen molar-refractivity contribution in [3.05, 3.63) is 38.7 Å². The number of aryl methyl sites for hydroxylation is 1. The third-order valence-electron chi connectivity index (χ3n) is 5.49. The van der Waals surface area contributed by atoms with Gasteiger partial charge >= 0.3 is 5.63 Å². The minimum absolute atomic E-state index is 0.149. The maximum absolute atomic E-state index is 12.3. The first-order valence-corrected chi connectivity index (χ1v) is 10.5. The maximum Gasteiger partial charge on any atom is 0.339 e. The van der Waals surface area contributed by atoms with Gasteiger partial charge in [-0.05, 0) is 37.3 Å². The van der Waals surface area contributed by atoms with Crippen LogP contribution in [-0.2, 0) is 22.4 Å². The third kappa shape index (κ3) is 4.74. The van der Waals surface area contributed by atoms with Crippen molar-refractivity contribution in [3.63, 3.8) is 0 Å². The number of hydrogen-bond acceptors (Lipinski definition) is 6. The highest BCUT2D eigenvalue weighted by Crippen LogP contribution is 2.34. The number of halogens is 1. The molecule has 0 saturated carbocycles. The molecule has 1 saturated heterocycles. The quantitative estimate of drug-likeness (QED) is 0.721. The number of carbonyl (C=O) groups excluding carboxylic acids is 1. The van der Waals surface area contributed by atoms with Crippen molar-refractivity contribution in [2.75, 3.05) is 46.0 Å². The molecule has 0 bridgehead atoms. The van der Waals surface area contributed by atoms with Crippen LogP contribution in [0.4, 0.5) is 0 Å². The number of ether oxygens (including phenoxy) is 2. The van der Waals surface area contributed by atoms with Crippen LogP contribution < -0.4 is 15.7 Å². The molecule has 1 fully saturated rings. The lowest BCUT2D eigenvalue weighted by Gasteiger charge is -2.26. The number of carbonyl (C=O) groups is 1. The van der Waals surface area contributed by atoms with Crippen LogP contribution in [-0.4, -0.2) is 56.8 Å². The van der Waals surface area contributed by atoms with E-state index in [1.807, 2.05) is 0 Å². The zero-order valence-electron chi connectivity index (χ0n) is 16.3. The number of nitrogens with zero attached hydrogens (tertiary/aromatic N) is 1. The summed E-state index contributed by atoms with van der Waals surface area (Å²) in [4.78, 5) is 26.6. The molecule has 7 nitrogen and oxygen atoms in total. The third-order valence-corrected chi connectivity index (χ3v) is 5.78. The second-order valence-corrected chi connectivity index (χ2v) is 7.83. The van der Waals surface area contributed by atoms with Crippen molar-refractivity contribution >= 4 is 28.5 Å². The molecule has 0 radical (unpaired) electrons. The first kappa shape index (κ1) is 20.2. The molecule has 1 amide bonds. The lowest BCUT2D eigenvalue weighted by molar-refractivity contribution is -0.123. The molecule has 29 heavy (non-hydrogen) atoms. The van der Waals surface area contributed by atoms with Crippen LogP contribution >= 0.6 is 11.6 Å². The standard InChI is InChI=1S/C21H25ClN2O5/c22-17-11-16-14-3-1-2-4-15(14)21(26)29-18(16)12-19(17)28-13-20(25)23-5-6-24-7-9-27-10-8-24/h11-12H,1-10,13H2,(H,23,25). The Hall–Kier alpha value is -2.09. The summed E-state index contributed by atoms with van der Waals surface area (Å²) in [5.41, 5.74) is 1.94. The van der Waals surface area contributed by atoms with Crippen LogP contribution in [0, 0.1) is 0 Å². The number of fused-ring (bicyclic) bond motifs is 3. The van der Waals surface area contributed by atoms with Gasteiger partial charge in [0.15, 0.2) is 6.61 Å². The van der Waals surface area contributed by atoms with Gasteiger partial charge in [-0.2, -0.15) is 0 Å². The Bertz CT molecular complexity index is 952. The fraction of sp³-hybridized carbons (Fsp3) is 0.524. The summed E-state index contributed by atoms with van der Waals surface area (Å²) in [6, 6.07) is 3.38. The van der Waals surface area contributed by atoms with E-state index < -0.39 is 0 Å². The van der Waals surface area contributed by atoms with Gasteiger partial charge in [0, 0.05) is 43.2 Å². The van der Waals surface area contributed by atoms with Crippen LogP contribution in [0.3, 0.4) is 0 Å². The smallest absolute Gasteiger partial charge is 0.339 e. The van der Waals surface area contributed by atoms with Crippen LogP contribution in [0.5, 0.6) is 5.75 Å². The Morgan fingerprint density at radius 3 is 2.72 bits per heavy atom. The summed E-state index contributed by atoms with van der Waals surface area (Å²) in [6.07, 6.45) is 3.64. The van der Waals surface area contributed by atoms with E-state index in [2.05, 4.69) is 10.2 Å². The predicted octanol–water partition coefficient (Wildman–Crippen LogP) is 2.15. The maximum atomic E-state index is 12.3. The number of morpholine rings is 1. The molecule has 0 atom stereocenters. The van der Waals surface area contributed by atoms with E-state index in [9.17, 15) is 9.59 Å². The lowest BCUT2D eigenvalue weighted by Crippen LogP contribution is -2.42. The molecule has 1 aromatic heterocycles. The van der Waals surface area contributed by atoms with Gasteiger partial charge in [-0.1, -0.05) is 11.6 Å². The van der Waals surface area contributed by atoms with Crippen molar-refractivity contribution in [3.8, 4) is 5.75 Å². The first-order valence-electron chi connectivity index (χ1n) is 10.1. The van der Waals surface area contributed by atoms with Crippen LogP contribution in [0.1, 0.15) is 24.0 Å². The first-order chi connectivity index (χ1) is 14.1. The Labute approximate surface area is 173 Å². The number of hydrogen-bond donors (Lipinski definition) is 1. The Morgan fingerprint density at radius 2 is 1.93 bits per heavy atom. The summed E-state index contributed by atoms with van der Waals surface area (Å²) >= 11 is 6.38. The van der Waals surface area contributed by atoms with E-state index >= 15 is 0 Å². The van der Waals surface area contributed by atoms with Crippen LogP contribution in [0.25, 0.3) is 11.0 Å². The molecule has 2 aromatic rings. The molecule has 0 unspecified atom stereocenters. The topological polar surface area (TPSA) is 81.0 Å². The van der Waals surface area contributed by atoms with E-state index in [4.69, 9.17) is 25.5 Å². The lowest BCUT2D eigenvalue weighted by atomic mass is 9.91. The molecule has 8 heteroatoms. The number of benzene rings is 1. The van der Waals surface area contributed by atoms with Crippen molar-refractivity contribution < 1.29 is 18.7 Å². The van der Waals surface area contributed by atoms with Gasteiger partial charge in [0.2, 0.25) is 0 Å². The Balaban J connectivity index is 1.38. The minimum Gasteiger partial charge on any atom is -0.482 e. The van der Waals surface area contributed by atoms with E-state index in [0.29, 0.717) is 22.9 Å². The fourth-order valence-electron chi connectivity index (χ4n) is 3.93. The molecule has 2 aliphatic rings. The minimum atomic E-state index is -0.290. The van der Waals surface area contributed by atoms with Gasteiger partial charge in [-0.25, -0.2) is 4.79 Å². The van der Waals surface area contributed by atoms with E-state index in [-0.39, 0.29) is 18.1 Å². The van der Waals surface area contributed by atoms with Crippen LogP contribution in [0.15, 0.2) is 21.3 Å². The van der Waals surface area contributed by atoms with Gasteiger partial charge < -0.3 is 19.2 Å². The van der Waals surface area contributed by atoms with Crippen molar-refractivity contribution in [1.29, 1.82) is 0 Å².